The quantitative estimate of drug-likeness (QED) is 0.783. The van der Waals surface area contributed by atoms with Crippen LogP contribution in [0, 0.1) is 6.92 Å². The fourth-order valence-corrected chi connectivity index (χ4v) is 1.43. The average molecular weight is 208 g/mol. The van der Waals surface area contributed by atoms with Gasteiger partial charge in [0, 0.05) is 0 Å². The lowest BCUT2D eigenvalue weighted by Crippen LogP contribution is -2.33. The summed E-state index contributed by atoms with van der Waals surface area (Å²) in [7, 11) is 0. The van der Waals surface area contributed by atoms with Crippen molar-refractivity contribution in [3.05, 3.63) is 29.8 Å². The van der Waals surface area contributed by atoms with Gasteiger partial charge in [-0.2, -0.15) is 0 Å². The number of hydrogen-bond acceptors (Lipinski definition) is 3. The van der Waals surface area contributed by atoms with Crippen LogP contribution in [0.15, 0.2) is 24.3 Å². The molecule has 0 aliphatic heterocycles. The smallest absolute Gasteiger partial charge is 0.119 e. The first-order valence-electron chi connectivity index (χ1n) is 5.20. The van der Waals surface area contributed by atoms with Crippen molar-refractivity contribution in [1.29, 1.82) is 0 Å². The largest absolute Gasteiger partial charge is 0.491 e. The number of benzene rings is 1. The first-order chi connectivity index (χ1) is 7.10. The molecule has 1 aliphatic carbocycles. The average Bonchev–Trinajstić information content (AvgIpc) is 2.97. The minimum Gasteiger partial charge on any atom is -0.491 e. The van der Waals surface area contributed by atoms with Gasteiger partial charge in [0.25, 0.3) is 0 Å². The molecule has 1 fully saturated rings. The van der Waals surface area contributed by atoms with Gasteiger partial charge >= 0.3 is 0 Å². The molecule has 0 radical (unpaired) electrons. The molecule has 1 aromatic carbocycles. The number of aryl methyl sites for hydroxylation is 1. The first kappa shape index (κ1) is 10.5. The van der Waals surface area contributed by atoms with Gasteiger partial charge in [-0.1, -0.05) is 17.7 Å². The van der Waals surface area contributed by atoms with Crippen LogP contribution in [0.25, 0.3) is 0 Å². The molecule has 1 aliphatic rings. The van der Waals surface area contributed by atoms with E-state index >= 15 is 0 Å². The molecule has 0 bridgehead atoms. The molecular weight excluding hydrogens is 192 g/mol. The summed E-state index contributed by atoms with van der Waals surface area (Å²) < 4.78 is 5.38. The van der Waals surface area contributed by atoms with Crippen LogP contribution in [-0.2, 0) is 0 Å². The highest BCUT2D eigenvalue weighted by molar-refractivity contribution is 5.26. The third-order valence-corrected chi connectivity index (χ3v) is 2.81. The maximum atomic E-state index is 9.59. The van der Waals surface area contributed by atoms with Crippen LogP contribution in [0.1, 0.15) is 18.4 Å². The fourth-order valence-electron chi connectivity index (χ4n) is 1.43. The van der Waals surface area contributed by atoms with Crippen LogP contribution in [0.5, 0.6) is 5.75 Å². The Morgan fingerprint density at radius 1 is 1.33 bits per heavy atom. The van der Waals surface area contributed by atoms with Crippen molar-refractivity contribution in [3.63, 3.8) is 0 Å². The molecule has 0 amide bonds. The van der Waals surface area contributed by atoms with Crippen LogP contribution in [-0.4, -0.2) is 28.5 Å². The Morgan fingerprint density at radius 3 is 2.47 bits per heavy atom. The Morgan fingerprint density at radius 2 is 1.93 bits per heavy atom. The third-order valence-electron chi connectivity index (χ3n) is 2.81. The number of aliphatic hydroxyl groups is 2. The van der Waals surface area contributed by atoms with Gasteiger partial charge in [-0.25, -0.2) is 0 Å². The van der Waals surface area contributed by atoms with Gasteiger partial charge in [-0.3, -0.25) is 0 Å². The van der Waals surface area contributed by atoms with Crippen LogP contribution in [0.4, 0.5) is 0 Å². The van der Waals surface area contributed by atoms with Gasteiger partial charge < -0.3 is 14.9 Å². The van der Waals surface area contributed by atoms with E-state index in [9.17, 15) is 10.2 Å². The Kier molecular flexibility index (Phi) is 2.67. The van der Waals surface area contributed by atoms with E-state index < -0.39 is 11.7 Å². The molecule has 1 atom stereocenters. The summed E-state index contributed by atoms with van der Waals surface area (Å²) in [6.45, 7) is 2.16. The predicted molar refractivity (Wildman–Crippen MR) is 56.9 cm³/mol. The standard InChI is InChI=1S/C12H16O3/c1-9-2-4-10(5-3-9)15-8-11(13)12(14)6-7-12/h2-5,11,13-14H,6-8H2,1H3. The summed E-state index contributed by atoms with van der Waals surface area (Å²) in [5, 5.41) is 19.2. The van der Waals surface area contributed by atoms with Gasteiger partial charge in [-0.15, -0.1) is 0 Å². The van der Waals surface area contributed by atoms with Gasteiger partial charge in [0.15, 0.2) is 0 Å². The van der Waals surface area contributed by atoms with Gasteiger partial charge in [0.1, 0.15) is 18.5 Å². The Balaban J connectivity index is 1.85. The summed E-state index contributed by atoms with van der Waals surface area (Å²) in [4.78, 5) is 0. The van der Waals surface area contributed by atoms with Crippen molar-refractivity contribution >= 4 is 0 Å². The van der Waals surface area contributed by atoms with Gasteiger partial charge in [0.05, 0.1) is 5.60 Å². The maximum absolute atomic E-state index is 9.59. The Bertz CT molecular complexity index is 327. The summed E-state index contributed by atoms with van der Waals surface area (Å²) in [6.07, 6.45) is 0.565. The van der Waals surface area contributed by atoms with E-state index in [1.165, 1.54) is 5.56 Å². The zero-order valence-electron chi connectivity index (χ0n) is 8.81. The summed E-state index contributed by atoms with van der Waals surface area (Å²) >= 11 is 0. The molecular formula is C12H16O3. The first-order valence-corrected chi connectivity index (χ1v) is 5.20. The molecule has 1 aromatic rings. The minimum absolute atomic E-state index is 0.152. The molecule has 0 aromatic heterocycles. The SMILES string of the molecule is Cc1ccc(OCC(O)C2(O)CC2)cc1. The second-order valence-corrected chi connectivity index (χ2v) is 4.24. The van der Waals surface area contributed by atoms with E-state index in [1.54, 1.807) is 0 Å². The topological polar surface area (TPSA) is 49.7 Å². The van der Waals surface area contributed by atoms with Crippen LogP contribution in [0.3, 0.4) is 0 Å². The maximum Gasteiger partial charge on any atom is 0.119 e. The minimum atomic E-state index is -0.884. The van der Waals surface area contributed by atoms with E-state index in [4.69, 9.17) is 4.74 Å². The zero-order valence-corrected chi connectivity index (χ0v) is 8.81. The van der Waals surface area contributed by atoms with E-state index in [0.717, 1.165) is 5.75 Å². The van der Waals surface area contributed by atoms with E-state index in [-0.39, 0.29) is 6.61 Å². The highest BCUT2D eigenvalue weighted by Gasteiger charge is 2.47. The molecule has 0 saturated heterocycles. The lowest BCUT2D eigenvalue weighted by atomic mass is 10.2. The summed E-state index contributed by atoms with van der Waals surface area (Å²) in [5.41, 5.74) is 0.286. The highest BCUT2D eigenvalue weighted by atomic mass is 16.5. The van der Waals surface area contributed by atoms with Crippen molar-refractivity contribution in [1.82, 2.24) is 0 Å². The molecule has 2 N–H and O–H groups in total. The molecule has 1 unspecified atom stereocenters. The van der Waals surface area contributed by atoms with Crippen molar-refractivity contribution in [3.8, 4) is 5.75 Å². The highest BCUT2D eigenvalue weighted by Crippen LogP contribution is 2.38. The van der Waals surface area contributed by atoms with Crippen molar-refractivity contribution in [2.45, 2.75) is 31.5 Å². The van der Waals surface area contributed by atoms with Crippen molar-refractivity contribution in [2.75, 3.05) is 6.61 Å². The Labute approximate surface area is 89.3 Å². The molecule has 82 valence electrons. The van der Waals surface area contributed by atoms with Crippen LogP contribution in [0.2, 0.25) is 0 Å². The number of hydrogen-bond donors (Lipinski definition) is 2. The van der Waals surface area contributed by atoms with Crippen molar-refractivity contribution in [2.24, 2.45) is 0 Å². The third kappa shape index (κ3) is 2.49. The van der Waals surface area contributed by atoms with Crippen LogP contribution < -0.4 is 4.74 Å². The fraction of sp³-hybridized carbons (Fsp3) is 0.500. The van der Waals surface area contributed by atoms with E-state index in [0.29, 0.717) is 12.8 Å². The normalized spacial score (nSPS) is 19.7. The molecule has 3 nitrogen and oxygen atoms in total. The predicted octanol–water partition coefficient (Wildman–Crippen LogP) is 1.26. The number of ether oxygens (including phenoxy) is 1. The molecule has 0 heterocycles. The number of aliphatic hydroxyl groups excluding tert-OH is 1. The zero-order chi connectivity index (χ0) is 10.9. The van der Waals surface area contributed by atoms with Gasteiger partial charge in [-0.05, 0) is 31.9 Å². The van der Waals surface area contributed by atoms with E-state index in [1.807, 2.05) is 31.2 Å². The second-order valence-electron chi connectivity index (χ2n) is 4.24. The monoisotopic (exact) mass is 208 g/mol. The summed E-state index contributed by atoms with van der Waals surface area (Å²) in [5.74, 6) is 0.726. The number of rotatable bonds is 4. The van der Waals surface area contributed by atoms with Crippen molar-refractivity contribution < 1.29 is 14.9 Å². The molecule has 15 heavy (non-hydrogen) atoms. The van der Waals surface area contributed by atoms with E-state index in [2.05, 4.69) is 0 Å². The van der Waals surface area contributed by atoms with Crippen LogP contribution >= 0.6 is 0 Å². The molecule has 1 saturated carbocycles. The Hall–Kier alpha value is -1.06. The molecule has 3 heteroatoms. The molecule has 0 spiro atoms. The second kappa shape index (κ2) is 3.83. The lowest BCUT2D eigenvalue weighted by Gasteiger charge is -2.17. The molecule has 2 rings (SSSR count). The summed E-state index contributed by atoms with van der Waals surface area (Å²) in [6, 6.07) is 7.62. The van der Waals surface area contributed by atoms with Gasteiger partial charge in [0.2, 0.25) is 0 Å². The lowest BCUT2D eigenvalue weighted by molar-refractivity contribution is -0.0249.